The van der Waals surface area contributed by atoms with E-state index in [0.717, 1.165) is 0 Å². The standard InChI is InChI=1S/C10H19FN2O.C8H10.C8H12/c1-9(14-3)13-6-4-10(11,5-7-13)8-12-2;1-7-3-5-8(2)6-4-7;1-4-7-8(5-2)6-3/h12H,1,4-8H2,2-3H3;3-6H,1-2H3;4-7H,2H2,1,3H3/b;;7-4-,8-6-. The fourth-order valence-corrected chi connectivity index (χ4v) is 2.89. The number of nitrogens with zero attached hydrogens (tertiary/aromatic N) is 1. The number of hydrogen-bond donors (Lipinski definition) is 1. The number of likely N-dealkylation sites (tertiary alicyclic amines) is 1. The van der Waals surface area contributed by atoms with Gasteiger partial charge in [0.1, 0.15) is 5.67 Å². The maximum absolute atomic E-state index is 14.0. The van der Waals surface area contributed by atoms with E-state index in [4.69, 9.17) is 4.74 Å². The van der Waals surface area contributed by atoms with Crippen LogP contribution in [0.25, 0.3) is 0 Å². The Kier molecular flexibility index (Phi) is 14.3. The van der Waals surface area contributed by atoms with Gasteiger partial charge < -0.3 is 15.0 Å². The fraction of sp³-hybridized carbons (Fsp3) is 0.462. The molecule has 30 heavy (non-hydrogen) atoms. The lowest BCUT2D eigenvalue weighted by Crippen LogP contribution is -2.46. The SMILES string of the molecule is C=C(OC)N1CCC(F)(CNC)CC1.C=CC(/C=C\C)=C/C.Cc1ccc(C)cc1. The first kappa shape index (κ1) is 27.7. The second-order valence-corrected chi connectivity index (χ2v) is 7.41. The average molecular weight is 417 g/mol. The normalized spacial score (nSPS) is 15.4. The van der Waals surface area contributed by atoms with Crippen molar-refractivity contribution < 1.29 is 9.13 Å². The molecule has 0 unspecified atom stereocenters. The monoisotopic (exact) mass is 416 g/mol. The molecule has 0 aliphatic carbocycles. The van der Waals surface area contributed by atoms with Crippen LogP contribution >= 0.6 is 0 Å². The summed E-state index contributed by atoms with van der Waals surface area (Å²) in [5.74, 6) is 0.636. The summed E-state index contributed by atoms with van der Waals surface area (Å²) in [5.41, 5.74) is 2.78. The van der Waals surface area contributed by atoms with E-state index in [9.17, 15) is 4.39 Å². The van der Waals surface area contributed by atoms with E-state index in [0.29, 0.717) is 38.4 Å². The van der Waals surface area contributed by atoms with E-state index < -0.39 is 5.67 Å². The molecule has 0 radical (unpaired) electrons. The van der Waals surface area contributed by atoms with Crippen molar-refractivity contribution in [1.82, 2.24) is 10.2 Å². The van der Waals surface area contributed by atoms with Gasteiger partial charge in [-0.25, -0.2) is 4.39 Å². The highest BCUT2D eigenvalue weighted by Gasteiger charge is 2.34. The van der Waals surface area contributed by atoms with Crippen LogP contribution in [-0.2, 0) is 4.74 Å². The number of rotatable bonds is 6. The number of halogens is 1. The topological polar surface area (TPSA) is 24.5 Å². The lowest BCUT2D eigenvalue weighted by Gasteiger charge is -2.37. The summed E-state index contributed by atoms with van der Waals surface area (Å²) in [4.78, 5) is 1.98. The van der Waals surface area contributed by atoms with E-state index in [1.807, 2.05) is 43.1 Å². The first-order valence-electron chi connectivity index (χ1n) is 10.5. The number of piperidine rings is 1. The Morgan fingerprint density at radius 3 is 1.97 bits per heavy atom. The van der Waals surface area contributed by atoms with Crippen molar-refractivity contribution in [3.63, 3.8) is 0 Å². The second kappa shape index (κ2) is 15.5. The number of methoxy groups -OCH3 is 1. The van der Waals surface area contributed by atoms with Crippen molar-refractivity contribution in [3.8, 4) is 0 Å². The number of ether oxygens (including phenoxy) is 1. The van der Waals surface area contributed by atoms with Crippen LogP contribution in [0.5, 0.6) is 0 Å². The van der Waals surface area contributed by atoms with Crippen molar-refractivity contribution in [2.45, 2.75) is 46.2 Å². The Balaban J connectivity index is 0.000000451. The Morgan fingerprint density at radius 2 is 1.67 bits per heavy atom. The molecule has 0 atom stereocenters. The van der Waals surface area contributed by atoms with Gasteiger partial charge in [0.15, 0.2) is 5.88 Å². The first-order chi connectivity index (χ1) is 14.2. The predicted octanol–water partition coefficient (Wildman–Crippen LogP) is 6.13. The summed E-state index contributed by atoms with van der Waals surface area (Å²) < 4.78 is 19.0. The lowest BCUT2D eigenvalue weighted by atomic mass is 9.93. The zero-order valence-corrected chi connectivity index (χ0v) is 19.8. The number of hydrogen-bond acceptors (Lipinski definition) is 3. The Hall–Kier alpha value is -2.33. The number of allylic oxidation sites excluding steroid dienone is 5. The minimum atomic E-state index is -1.06. The van der Waals surface area contributed by atoms with Gasteiger partial charge in [0.05, 0.1) is 7.11 Å². The summed E-state index contributed by atoms with van der Waals surface area (Å²) in [5, 5.41) is 2.89. The minimum Gasteiger partial charge on any atom is -0.483 e. The highest BCUT2D eigenvalue weighted by atomic mass is 19.1. The van der Waals surface area contributed by atoms with Crippen molar-refractivity contribution in [2.75, 3.05) is 33.8 Å². The van der Waals surface area contributed by atoms with Gasteiger partial charge in [-0.1, -0.05) is 66.3 Å². The zero-order valence-electron chi connectivity index (χ0n) is 19.8. The van der Waals surface area contributed by atoms with Gasteiger partial charge in [0.2, 0.25) is 0 Å². The van der Waals surface area contributed by atoms with E-state index in [-0.39, 0.29) is 0 Å². The molecule has 1 aromatic carbocycles. The fourth-order valence-electron chi connectivity index (χ4n) is 2.89. The molecule has 2 rings (SSSR count). The third-order valence-corrected chi connectivity index (χ3v) is 4.89. The molecule has 0 spiro atoms. The number of nitrogens with one attached hydrogen (secondary N) is 1. The number of alkyl halides is 1. The smallest absolute Gasteiger partial charge is 0.181 e. The maximum Gasteiger partial charge on any atom is 0.181 e. The molecule has 0 saturated carbocycles. The summed E-state index contributed by atoms with van der Waals surface area (Å²) in [7, 11) is 3.37. The molecular weight excluding hydrogens is 375 g/mol. The maximum atomic E-state index is 14.0. The number of benzene rings is 1. The van der Waals surface area contributed by atoms with Crippen LogP contribution in [0.2, 0.25) is 0 Å². The van der Waals surface area contributed by atoms with Crippen LogP contribution in [0, 0.1) is 13.8 Å². The third-order valence-electron chi connectivity index (χ3n) is 4.89. The first-order valence-corrected chi connectivity index (χ1v) is 10.5. The van der Waals surface area contributed by atoms with Crippen molar-refractivity contribution in [1.29, 1.82) is 0 Å². The molecule has 4 heteroatoms. The quantitative estimate of drug-likeness (QED) is 0.446. The third kappa shape index (κ3) is 11.6. The molecule has 1 heterocycles. The zero-order chi connectivity index (χ0) is 23.0. The van der Waals surface area contributed by atoms with E-state index in [2.05, 4.69) is 56.6 Å². The highest BCUT2D eigenvalue weighted by molar-refractivity contribution is 5.27. The Labute approximate surface area is 184 Å². The van der Waals surface area contributed by atoms with Gasteiger partial charge in [0, 0.05) is 32.5 Å². The molecule has 1 saturated heterocycles. The Bertz CT molecular complexity index is 648. The Morgan fingerprint density at radius 1 is 1.17 bits per heavy atom. The van der Waals surface area contributed by atoms with Gasteiger partial charge in [0.25, 0.3) is 0 Å². The van der Waals surface area contributed by atoms with Gasteiger partial charge in [-0.2, -0.15) is 0 Å². The molecular formula is C26H41FN2O. The second-order valence-electron chi connectivity index (χ2n) is 7.41. The molecule has 168 valence electrons. The van der Waals surface area contributed by atoms with Crippen LogP contribution < -0.4 is 5.32 Å². The molecule has 0 bridgehead atoms. The lowest BCUT2D eigenvalue weighted by molar-refractivity contribution is 0.0447. The van der Waals surface area contributed by atoms with E-state index in [1.54, 1.807) is 14.2 Å². The average Bonchev–Trinajstić information content (AvgIpc) is 2.75. The van der Waals surface area contributed by atoms with Crippen molar-refractivity contribution >= 4 is 0 Å². The minimum absolute atomic E-state index is 0.431. The largest absolute Gasteiger partial charge is 0.483 e. The van der Waals surface area contributed by atoms with Crippen molar-refractivity contribution in [3.05, 3.63) is 84.3 Å². The predicted molar refractivity (Wildman–Crippen MR) is 129 cm³/mol. The van der Waals surface area contributed by atoms with Crippen LogP contribution in [0.3, 0.4) is 0 Å². The van der Waals surface area contributed by atoms with Crippen LogP contribution in [0.4, 0.5) is 4.39 Å². The van der Waals surface area contributed by atoms with Gasteiger partial charge in [-0.05, 0) is 46.9 Å². The molecule has 1 N–H and O–H groups in total. The molecule has 1 fully saturated rings. The summed E-state index contributed by atoms with van der Waals surface area (Å²) in [6, 6.07) is 8.48. The van der Waals surface area contributed by atoms with Crippen LogP contribution in [-0.4, -0.2) is 44.4 Å². The van der Waals surface area contributed by atoms with Gasteiger partial charge in [-0.15, -0.1) is 0 Å². The van der Waals surface area contributed by atoms with Crippen molar-refractivity contribution in [2.24, 2.45) is 0 Å². The highest BCUT2D eigenvalue weighted by Crippen LogP contribution is 2.27. The van der Waals surface area contributed by atoms with E-state index in [1.165, 1.54) is 16.7 Å². The summed E-state index contributed by atoms with van der Waals surface area (Å²) in [6.07, 6.45) is 8.95. The van der Waals surface area contributed by atoms with Crippen LogP contribution in [0.15, 0.2) is 73.2 Å². The molecule has 1 aliphatic rings. The summed E-state index contributed by atoms with van der Waals surface area (Å²) >= 11 is 0. The molecule has 1 aromatic rings. The molecule has 3 nitrogen and oxygen atoms in total. The number of aryl methyl sites for hydroxylation is 2. The van der Waals surface area contributed by atoms with Gasteiger partial charge >= 0.3 is 0 Å². The molecule has 0 aromatic heterocycles. The molecule has 0 amide bonds. The summed E-state index contributed by atoms with van der Waals surface area (Å²) in [6.45, 7) is 17.4. The van der Waals surface area contributed by atoms with Gasteiger partial charge in [-0.3, -0.25) is 0 Å². The molecule has 1 aliphatic heterocycles. The van der Waals surface area contributed by atoms with Crippen LogP contribution in [0.1, 0.15) is 37.8 Å². The van der Waals surface area contributed by atoms with E-state index >= 15 is 0 Å².